The van der Waals surface area contributed by atoms with Crippen molar-refractivity contribution < 1.29 is 4.79 Å². The number of pyridine rings is 1. The molecule has 0 atom stereocenters. The fourth-order valence-corrected chi connectivity index (χ4v) is 3.16. The molecule has 0 aliphatic heterocycles. The van der Waals surface area contributed by atoms with Crippen molar-refractivity contribution in [3.05, 3.63) is 69.9 Å². The summed E-state index contributed by atoms with van der Waals surface area (Å²) in [5.41, 5.74) is 3.54. The van der Waals surface area contributed by atoms with Crippen LogP contribution in [0, 0.1) is 13.8 Å². The number of anilines is 1. The van der Waals surface area contributed by atoms with E-state index in [-0.39, 0.29) is 5.91 Å². The van der Waals surface area contributed by atoms with E-state index in [0.29, 0.717) is 5.56 Å². The van der Waals surface area contributed by atoms with Crippen LogP contribution in [0.4, 0.5) is 5.69 Å². The highest BCUT2D eigenvalue weighted by atomic mass is 32.1. The Morgan fingerprint density at radius 2 is 2.05 bits per heavy atom. The van der Waals surface area contributed by atoms with Crippen molar-refractivity contribution in [2.75, 3.05) is 5.32 Å². The lowest BCUT2D eigenvalue weighted by Crippen LogP contribution is -2.13. The van der Waals surface area contributed by atoms with Gasteiger partial charge in [0.1, 0.15) is 0 Å². The van der Waals surface area contributed by atoms with Crippen LogP contribution >= 0.6 is 11.3 Å². The highest BCUT2D eigenvalue weighted by Crippen LogP contribution is 2.20. The maximum Gasteiger partial charge on any atom is 0.257 e. The second-order valence-corrected chi connectivity index (χ2v) is 6.17. The summed E-state index contributed by atoms with van der Waals surface area (Å²) in [5, 5.41) is 4.98. The molecule has 4 nitrogen and oxygen atoms in total. The molecule has 0 saturated heterocycles. The average Bonchev–Trinajstić information content (AvgIpc) is 3.12. The number of aryl methyl sites for hydroxylation is 1. The monoisotopic (exact) mass is 311 g/mol. The SMILES string of the molecule is Cc1cc(C(=O)Nc2ccncc2)c(C)n1Cc1cccs1. The number of thiophene rings is 1. The first-order chi connectivity index (χ1) is 10.6. The maximum absolute atomic E-state index is 12.5. The number of hydrogen-bond acceptors (Lipinski definition) is 3. The second-order valence-electron chi connectivity index (χ2n) is 5.14. The summed E-state index contributed by atoms with van der Waals surface area (Å²) in [4.78, 5) is 17.7. The van der Waals surface area contributed by atoms with Crippen LogP contribution in [0.25, 0.3) is 0 Å². The minimum atomic E-state index is -0.0864. The number of carbonyl (C=O) groups excluding carboxylic acids is 1. The van der Waals surface area contributed by atoms with Crippen molar-refractivity contribution in [3.8, 4) is 0 Å². The lowest BCUT2D eigenvalue weighted by atomic mass is 10.2. The van der Waals surface area contributed by atoms with Gasteiger partial charge in [-0.25, -0.2) is 0 Å². The van der Waals surface area contributed by atoms with Gasteiger partial charge in [-0.05, 0) is 43.5 Å². The molecule has 0 unspecified atom stereocenters. The van der Waals surface area contributed by atoms with Crippen LogP contribution in [0.2, 0.25) is 0 Å². The van der Waals surface area contributed by atoms with Crippen molar-refractivity contribution in [2.45, 2.75) is 20.4 Å². The Kier molecular flexibility index (Phi) is 4.06. The van der Waals surface area contributed by atoms with E-state index < -0.39 is 0 Å². The van der Waals surface area contributed by atoms with E-state index in [1.54, 1.807) is 35.9 Å². The highest BCUT2D eigenvalue weighted by molar-refractivity contribution is 7.09. The molecule has 0 aliphatic carbocycles. The number of amides is 1. The fraction of sp³-hybridized carbons (Fsp3) is 0.176. The van der Waals surface area contributed by atoms with Crippen LogP contribution in [-0.4, -0.2) is 15.5 Å². The van der Waals surface area contributed by atoms with Crippen molar-refractivity contribution >= 4 is 22.9 Å². The molecule has 0 aromatic carbocycles. The zero-order valence-electron chi connectivity index (χ0n) is 12.5. The third-order valence-electron chi connectivity index (χ3n) is 3.65. The van der Waals surface area contributed by atoms with Gasteiger partial charge in [-0.1, -0.05) is 6.07 Å². The number of rotatable bonds is 4. The molecule has 0 bridgehead atoms. The van der Waals surface area contributed by atoms with Gasteiger partial charge in [0.25, 0.3) is 5.91 Å². The molecule has 0 fully saturated rings. The minimum Gasteiger partial charge on any atom is -0.343 e. The standard InChI is InChI=1S/C17H17N3OS/c1-12-10-16(17(21)19-14-5-7-18-8-6-14)13(2)20(12)11-15-4-3-9-22-15/h3-10H,11H2,1-2H3,(H,18,19,21). The van der Waals surface area contributed by atoms with Crippen molar-refractivity contribution in [3.63, 3.8) is 0 Å². The van der Waals surface area contributed by atoms with Crippen LogP contribution in [0.1, 0.15) is 26.6 Å². The summed E-state index contributed by atoms with van der Waals surface area (Å²) in [6.07, 6.45) is 3.32. The minimum absolute atomic E-state index is 0.0864. The van der Waals surface area contributed by atoms with Gasteiger partial charge in [0.05, 0.1) is 12.1 Å². The number of hydrogen-bond donors (Lipinski definition) is 1. The first kappa shape index (κ1) is 14.5. The molecule has 0 spiro atoms. The first-order valence-corrected chi connectivity index (χ1v) is 7.93. The van der Waals surface area contributed by atoms with Crippen LogP contribution in [0.3, 0.4) is 0 Å². The quantitative estimate of drug-likeness (QED) is 0.795. The smallest absolute Gasteiger partial charge is 0.257 e. The molecule has 3 aromatic heterocycles. The molecule has 0 aliphatic rings. The summed E-state index contributed by atoms with van der Waals surface area (Å²) < 4.78 is 2.17. The van der Waals surface area contributed by atoms with Gasteiger partial charge in [-0.3, -0.25) is 9.78 Å². The van der Waals surface area contributed by atoms with E-state index in [9.17, 15) is 4.79 Å². The topological polar surface area (TPSA) is 46.9 Å². The molecular formula is C17H17N3OS. The fourth-order valence-electron chi connectivity index (χ4n) is 2.47. The molecule has 0 saturated carbocycles. The lowest BCUT2D eigenvalue weighted by molar-refractivity contribution is 0.102. The molecular weight excluding hydrogens is 294 g/mol. The summed E-state index contributed by atoms with van der Waals surface area (Å²) >= 11 is 1.73. The second kappa shape index (κ2) is 6.15. The van der Waals surface area contributed by atoms with Gasteiger partial charge in [0, 0.05) is 34.3 Å². The summed E-state index contributed by atoms with van der Waals surface area (Å²) in [6, 6.07) is 9.66. The van der Waals surface area contributed by atoms with Gasteiger partial charge >= 0.3 is 0 Å². The van der Waals surface area contributed by atoms with E-state index in [0.717, 1.165) is 23.6 Å². The Bertz CT molecular complexity index is 776. The van der Waals surface area contributed by atoms with E-state index in [2.05, 4.69) is 26.3 Å². The van der Waals surface area contributed by atoms with Gasteiger partial charge in [-0.2, -0.15) is 0 Å². The lowest BCUT2D eigenvalue weighted by Gasteiger charge is -2.09. The summed E-state index contributed by atoms with van der Waals surface area (Å²) in [5.74, 6) is -0.0864. The Morgan fingerprint density at radius 3 is 2.73 bits per heavy atom. The molecule has 3 heterocycles. The molecule has 0 radical (unpaired) electrons. The third kappa shape index (κ3) is 2.94. The summed E-state index contributed by atoms with van der Waals surface area (Å²) in [6.45, 7) is 4.82. The van der Waals surface area contributed by atoms with E-state index >= 15 is 0 Å². The zero-order valence-corrected chi connectivity index (χ0v) is 13.4. The Hall–Kier alpha value is -2.40. The van der Waals surface area contributed by atoms with E-state index in [1.807, 2.05) is 26.0 Å². The molecule has 3 rings (SSSR count). The molecule has 112 valence electrons. The van der Waals surface area contributed by atoms with Crippen LogP contribution in [0.5, 0.6) is 0 Å². The Balaban J connectivity index is 1.84. The van der Waals surface area contributed by atoms with Crippen LogP contribution in [0.15, 0.2) is 48.1 Å². The molecule has 1 N–H and O–H groups in total. The average molecular weight is 311 g/mol. The molecule has 22 heavy (non-hydrogen) atoms. The molecule has 3 aromatic rings. The number of carbonyl (C=O) groups is 1. The highest BCUT2D eigenvalue weighted by Gasteiger charge is 2.16. The number of aromatic nitrogens is 2. The van der Waals surface area contributed by atoms with Gasteiger partial charge in [-0.15, -0.1) is 11.3 Å². The van der Waals surface area contributed by atoms with Crippen LogP contribution in [-0.2, 0) is 6.54 Å². The Labute approximate surface area is 133 Å². The first-order valence-electron chi connectivity index (χ1n) is 7.05. The van der Waals surface area contributed by atoms with Crippen molar-refractivity contribution in [1.29, 1.82) is 0 Å². The predicted octanol–water partition coefficient (Wildman–Crippen LogP) is 3.86. The zero-order chi connectivity index (χ0) is 15.5. The van der Waals surface area contributed by atoms with Crippen molar-refractivity contribution in [1.82, 2.24) is 9.55 Å². The van der Waals surface area contributed by atoms with Gasteiger partial charge in [0.2, 0.25) is 0 Å². The van der Waals surface area contributed by atoms with Gasteiger partial charge in [0.15, 0.2) is 0 Å². The van der Waals surface area contributed by atoms with Gasteiger partial charge < -0.3 is 9.88 Å². The third-order valence-corrected chi connectivity index (χ3v) is 4.51. The van der Waals surface area contributed by atoms with Crippen molar-refractivity contribution in [2.24, 2.45) is 0 Å². The Morgan fingerprint density at radius 1 is 1.27 bits per heavy atom. The maximum atomic E-state index is 12.5. The van der Waals surface area contributed by atoms with E-state index in [4.69, 9.17) is 0 Å². The molecule has 1 amide bonds. The largest absolute Gasteiger partial charge is 0.343 e. The number of nitrogens with one attached hydrogen (secondary N) is 1. The summed E-state index contributed by atoms with van der Waals surface area (Å²) in [7, 11) is 0. The van der Waals surface area contributed by atoms with Crippen LogP contribution < -0.4 is 5.32 Å². The normalized spacial score (nSPS) is 10.6. The van der Waals surface area contributed by atoms with E-state index in [1.165, 1.54) is 4.88 Å². The predicted molar refractivity (Wildman–Crippen MR) is 89.5 cm³/mol. The molecule has 5 heteroatoms. The number of nitrogens with zero attached hydrogens (tertiary/aromatic N) is 2.